The quantitative estimate of drug-likeness (QED) is 0.572. The van der Waals surface area contributed by atoms with Crippen LogP contribution in [0, 0.1) is 0 Å². The maximum Gasteiger partial charge on any atom is 0.0866 e. The molecule has 2 atom stereocenters. The van der Waals surface area contributed by atoms with E-state index < -0.39 is 0 Å². The molecule has 0 N–H and O–H groups in total. The average Bonchev–Trinajstić information content (AvgIpc) is 2.80. The standard InChI is InChI=1S/C7H14O.C5H10.C2H5F.C2H6/c1-3-7-5-4-6(2)8-7;1-3-5-4-2;1-2-3;1-2/h6-7H,3-5H2,1-2H3;3H,1,4-5H2,2H3;2H2,1H3;1-2H3. The van der Waals surface area contributed by atoms with Crippen LogP contribution in [0.5, 0.6) is 0 Å². The van der Waals surface area contributed by atoms with E-state index in [0.29, 0.717) is 12.2 Å². The van der Waals surface area contributed by atoms with Crippen LogP contribution in [0.1, 0.15) is 73.6 Å². The van der Waals surface area contributed by atoms with E-state index in [1.165, 1.54) is 32.6 Å². The van der Waals surface area contributed by atoms with E-state index in [9.17, 15) is 4.39 Å². The summed E-state index contributed by atoms with van der Waals surface area (Å²) in [5.74, 6) is 0. The third kappa shape index (κ3) is 21.0. The molecular formula is C16H35FO. The molecule has 0 spiro atoms. The smallest absolute Gasteiger partial charge is 0.0866 e. The summed E-state index contributed by atoms with van der Waals surface area (Å²) in [6, 6.07) is 0. The van der Waals surface area contributed by atoms with Gasteiger partial charge in [-0.25, -0.2) is 0 Å². The highest BCUT2D eigenvalue weighted by atomic mass is 19.1. The molecule has 2 heteroatoms. The van der Waals surface area contributed by atoms with Gasteiger partial charge in [0.25, 0.3) is 0 Å². The van der Waals surface area contributed by atoms with Crippen LogP contribution < -0.4 is 0 Å². The van der Waals surface area contributed by atoms with Gasteiger partial charge < -0.3 is 4.74 Å². The van der Waals surface area contributed by atoms with Crippen molar-refractivity contribution >= 4 is 0 Å². The number of unbranched alkanes of at least 4 members (excludes halogenated alkanes) is 1. The lowest BCUT2D eigenvalue weighted by molar-refractivity contribution is 0.0540. The molecule has 0 aromatic heterocycles. The van der Waals surface area contributed by atoms with Crippen LogP contribution >= 0.6 is 0 Å². The number of allylic oxidation sites excluding steroid dienone is 1. The Kier molecular flexibility index (Phi) is 27.7. The van der Waals surface area contributed by atoms with Gasteiger partial charge in [-0.2, -0.15) is 0 Å². The van der Waals surface area contributed by atoms with Gasteiger partial charge in [-0.15, -0.1) is 6.58 Å². The number of alkyl halides is 1. The molecule has 0 bridgehead atoms. The lowest BCUT2D eigenvalue weighted by atomic mass is 10.2. The molecule has 0 aliphatic carbocycles. The van der Waals surface area contributed by atoms with Crippen molar-refractivity contribution in [3.05, 3.63) is 12.7 Å². The van der Waals surface area contributed by atoms with E-state index in [2.05, 4.69) is 27.4 Å². The maximum absolute atomic E-state index is 10.3. The molecule has 1 nitrogen and oxygen atoms in total. The van der Waals surface area contributed by atoms with Crippen LogP contribution in [0.4, 0.5) is 4.39 Å². The van der Waals surface area contributed by atoms with Crippen LogP contribution in [0.15, 0.2) is 12.7 Å². The number of rotatable bonds is 3. The zero-order valence-electron chi connectivity index (χ0n) is 13.5. The van der Waals surface area contributed by atoms with E-state index in [0.717, 1.165) is 6.42 Å². The molecule has 1 fully saturated rings. The van der Waals surface area contributed by atoms with Gasteiger partial charge >= 0.3 is 0 Å². The van der Waals surface area contributed by atoms with E-state index in [1.54, 1.807) is 0 Å². The second-order valence-corrected chi connectivity index (χ2v) is 3.90. The molecule has 2 unspecified atom stereocenters. The van der Waals surface area contributed by atoms with Gasteiger partial charge in [0, 0.05) is 0 Å². The van der Waals surface area contributed by atoms with Gasteiger partial charge in [0.1, 0.15) is 0 Å². The Morgan fingerprint density at radius 2 is 1.72 bits per heavy atom. The van der Waals surface area contributed by atoms with Crippen molar-refractivity contribution in [1.29, 1.82) is 0 Å². The first-order chi connectivity index (χ1) is 8.65. The first-order valence-corrected chi connectivity index (χ1v) is 7.48. The minimum absolute atomic E-state index is 0.250. The van der Waals surface area contributed by atoms with Crippen molar-refractivity contribution in [1.82, 2.24) is 0 Å². The zero-order chi connectivity index (χ0) is 14.8. The van der Waals surface area contributed by atoms with Gasteiger partial charge in [0.2, 0.25) is 0 Å². The Balaban J connectivity index is -0.000000196. The second-order valence-electron chi connectivity index (χ2n) is 3.90. The van der Waals surface area contributed by atoms with Crippen molar-refractivity contribution in [2.75, 3.05) is 6.67 Å². The van der Waals surface area contributed by atoms with Gasteiger partial charge in [-0.1, -0.05) is 40.2 Å². The lowest BCUT2D eigenvalue weighted by Gasteiger charge is -2.05. The molecule has 1 aliphatic heterocycles. The van der Waals surface area contributed by atoms with E-state index in [4.69, 9.17) is 4.74 Å². The Labute approximate surface area is 115 Å². The van der Waals surface area contributed by atoms with Crippen molar-refractivity contribution in [2.45, 2.75) is 85.9 Å². The Hall–Kier alpha value is -0.370. The van der Waals surface area contributed by atoms with E-state index in [1.807, 2.05) is 19.9 Å². The maximum atomic E-state index is 10.3. The number of halogens is 1. The van der Waals surface area contributed by atoms with Gasteiger partial charge in [0.15, 0.2) is 0 Å². The van der Waals surface area contributed by atoms with Crippen molar-refractivity contribution in [3.8, 4) is 0 Å². The molecule has 112 valence electrons. The Morgan fingerprint density at radius 3 is 1.83 bits per heavy atom. The molecule has 1 saturated heterocycles. The minimum Gasteiger partial charge on any atom is -0.375 e. The normalized spacial score (nSPS) is 20.4. The third-order valence-electron chi connectivity index (χ3n) is 2.27. The highest BCUT2D eigenvalue weighted by Gasteiger charge is 2.18. The highest BCUT2D eigenvalue weighted by Crippen LogP contribution is 2.20. The molecule has 0 aromatic rings. The number of ether oxygens (including phenoxy) is 1. The first kappa shape index (κ1) is 22.8. The SMILES string of the molecule is C=CCCC.CC.CCC1CCC(C)O1.CCF. The molecule has 1 heterocycles. The fourth-order valence-electron chi connectivity index (χ4n) is 1.39. The lowest BCUT2D eigenvalue weighted by Crippen LogP contribution is -2.05. The highest BCUT2D eigenvalue weighted by molar-refractivity contribution is 4.68. The second kappa shape index (κ2) is 21.9. The fourth-order valence-corrected chi connectivity index (χ4v) is 1.39. The van der Waals surface area contributed by atoms with Crippen molar-refractivity contribution < 1.29 is 9.13 Å². The summed E-state index contributed by atoms with van der Waals surface area (Å²) in [5.41, 5.74) is 0. The summed E-state index contributed by atoms with van der Waals surface area (Å²) in [7, 11) is 0. The van der Waals surface area contributed by atoms with Crippen molar-refractivity contribution in [2.24, 2.45) is 0 Å². The molecule has 0 radical (unpaired) electrons. The molecule has 0 saturated carbocycles. The van der Waals surface area contributed by atoms with E-state index >= 15 is 0 Å². The van der Waals surface area contributed by atoms with Gasteiger partial charge in [-0.05, 0) is 39.5 Å². The minimum atomic E-state index is -0.250. The average molecular weight is 262 g/mol. The molecule has 18 heavy (non-hydrogen) atoms. The largest absolute Gasteiger partial charge is 0.375 e. The third-order valence-corrected chi connectivity index (χ3v) is 2.27. The molecular weight excluding hydrogens is 227 g/mol. The summed E-state index contributed by atoms with van der Waals surface area (Å²) in [4.78, 5) is 0. The first-order valence-electron chi connectivity index (χ1n) is 7.48. The summed E-state index contributed by atoms with van der Waals surface area (Å²) < 4.78 is 15.8. The van der Waals surface area contributed by atoms with E-state index in [-0.39, 0.29) is 6.67 Å². The fraction of sp³-hybridized carbons (Fsp3) is 0.875. The van der Waals surface area contributed by atoms with Crippen LogP contribution in [-0.2, 0) is 4.74 Å². The summed E-state index contributed by atoms with van der Waals surface area (Å²) in [6.07, 6.45) is 9.13. The van der Waals surface area contributed by atoms with Gasteiger partial charge in [-0.3, -0.25) is 4.39 Å². The number of hydrogen-bond donors (Lipinski definition) is 0. The molecule has 0 amide bonds. The summed E-state index contributed by atoms with van der Waals surface area (Å²) in [5, 5.41) is 0. The molecule has 1 aliphatic rings. The monoisotopic (exact) mass is 262 g/mol. The predicted molar refractivity (Wildman–Crippen MR) is 82.0 cm³/mol. The van der Waals surface area contributed by atoms with Crippen LogP contribution in [0.3, 0.4) is 0 Å². The summed E-state index contributed by atoms with van der Waals surface area (Å²) >= 11 is 0. The Morgan fingerprint density at radius 1 is 1.22 bits per heavy atom. The van der Waals surface area contributed by atoms with Gasteiger partial charge in [0.05, 0.1) is 18.9 Å². The Bertz CT molecular complexity index is 137. The molecule has 1 rings (SSSR count). The summed E-state index contributed by atoms with van der Waals surface area (Å²) in [6.45, 7) is 15.2. The van der Waals surface area contributed by atoms with Crippen LogP contribution in [-0.4, -0.2) is 18.9 Å². The van der Waals surface area contributed by atoms with Crippen LogP contribution in [0.25, 0.3) is 0 Å². The number of hydrogen-bond acceptors (Lipinski definition) is 1. The topological polar surface area (TPSA) is 9.23 Å². The van der Waals surface area contributed by atoms with Crippen LogP contribution in [0.2, 0.25) is 0 Å². The zero-order valence-corrected chi connectivity index (χ0v) is 13.5. The predicted octanol–water partition coefficient (Wildman–Crippen LogP) is 5.94. The van der Waals surface area contributed by atoms with Crippen molar-refractivity contribution in [3.63, 3.8) is 0 Å². The molecule has 0 aromatic carbocycles.